The van der Waals surface area contributed by atoms with Crippen LogP contribution in [0, 0.1) is 5.92 Å². The van der Waals surface area contributed by atoms with E-state index in [1.165, 1.54) is 4.90 Å². The number of amides is 2. The van der Waals surface area contributed by atoms with Crippen molar-refractivity contribution in [3.05, 3.63) is 35.4 Å². The van der Waals surface area contributed by atoms with E-state index in [0.717, 1.165) is 18.5 Å². The summed E-state index contributed by atoms with van der Waals surface area (Å²) in [5.74, 6) is -1.61. The SMILES string of the molecule is C[C@H](CN(C)C(=O)c1cccc(CN2CCCC2=O)c1)C(=O)O. The molecule has 0 aliphatic carbocycles. The summed E-state index contributed by atoms with van der Waals surface area (Å²) in [4.78, 5) is 38.2. The Hall–Kier alpha value is -2.37. The molecule has 1 heterocycles. The van der Waals surface area contributed by atoms with E-state index in [0.29, 0.717) is 18.5 Å². The molecule has 124 valence electrons. The molecule has 1 aromatic rings. The summed E-state index contributed by atoms with van der Waals surface area (Å²) in [6.45, 7) is 2.99. The van der Waals surface area contributed by atoms with Gasteiger partial charge in [-0.3, -0.25) is 14.4 Å². The summed E-state index contributed by atoms with van der Waals surface area (Å²) in [6, 6.07) is 7.16. The first kappa shape index (κ1) is 17.0. The van der Waals surface area contributed by atoms with Crippen LogP contribution in [0.1, 0.15) is 35.7 Å². The number of aliphatic carboxylic acids is 1. The number of hydrogen-bond acceptors (Lipinski definition) is 3. The molecule has 1 N–H and O–H groups in total. The smallest absolute Gasteiger partial charge is 0.308 e. The molecule has 0 bridgehead atoms. The Labute approximate surface area is 135 Å². The van der Waals surface area contributed by atoms with E-state index in [9.17, 15) is 14.4 Å². The van der Waals surface area contributed by atoms with Gasteiger partial charge >= 0.3 is 5.97 Å². The molecule has 1 aliphatic heterocycles. The Kier molecular flexibility index (Phi) is 5.36. The molecule has 0 aromatic heterocycles. The maximum absolute atomic E-state index is 12.4. The molecule has 6 nitrogen and oxygen atoms in total. The fourth-order valence-corrected chi connectivity index (χ4v) is 2.69. The minimum Gasteiger partial charge on any atom is -0.481 e. The standard InChI is InChI=1S/C17H22N2O4/c1-12(17(22)23)10-18(2)16(21)14-6-3-5-13(9-14)11-19-8-4-7-15(19)20/h3,5-6,9,12H,4,7-8,10-11H2,1-2H3,(H,22,23)/t12-/m1/s1. The predicted molar refractivity (Wildman–Crippen MR) is 84.9 cm³/mol. The van der Waals surface area contributed by atoms with E-state index in [4.69, 9.17) is 5.11 Å². The number of carbonyl (C=O) groups excluding carboxylic acids is 2. The molecule has 1 saturated heterocycles. The zero-order chi connectivity index (χ0) is 17.0. The van der Waals surface area contributed by atoms with Crippen LogP contribution in [0.25, 0.3) is 0 Å². The lowest BCUT2D eigenvalue weighted by atomic mass is 10.1. The lowest BCUT2D eigenvalue weighted by Crippen LogP contribution is -2.33. The number of carboxylic acid groups (broad SMARTS) is 1. The monoisotopic (exact) mass is 318 g/mol. The predicted octanol–water partition coefficient (Wildman–Crippen LogP) is 1.60. The van der Waals surface area contributed by atoms with Crippen molar-refractivity contribution in [2.75, 3.05) is 20.1 Å². The molecule has 0 radical (unpaired) electrons. The molecule has 0 unspecified atom stereocenters. The van der Waals surface area contributed by atoms with Crippen molar-refractivity contribution in [1.29, 1.82) is 0 Å². The quantitative estimate of drug-likeness (QED) is 0.864. The zero-order valence-electron chi connectivity index (χ0n) is 13.5. The van der Waals surface area contributed by atoms with Gasteiger partial charge in [0.15, 0.2) is 0 Å². The van der Waals surface area contributed by atoms with Crippen molar-refractivity contribution in [3.8, 4) is 0 Å². The minimum atomic E-state index is -0.925. The molecule has 6 heteroatoms. The number of hydrogen-bond donors (Lipinski definition) is 1. The van der Waals surface area contributed by atoms with E-state index in [2.05, 4.69) is 0 Å². The Balaban J connectivity index is 2.04. The zero-order valence-corrected chi connectivity index (χ0v) is 13.5. The van der Waals surface area contributed by atoms with Crippen LogP contribution in [-0.4, -0.2) is 52.8 Å². The first-order chi connectivity index (χ1) is 10.9. The third-order valence-electron chi connectivity index (χ3n) is 4.03. The lowest BCUT2D eigenvalue weighted by Gasteiger charge is -2.20. The summed E-state index contributed by atoms with van der Waals surface area (Å²) < 4.78 is 0. The molecule has 1 atom stereocenters. The maximum Gasteiger partial charge on any atom is 0.308 e. The van der Waals surface area contributed by atoms with E-state index in [-0.39, 0.29) is 18.4 Å². The van der Waals surface area contributed by atoms with Crippen LogP contribution in [0.2, 0.25) is 0 Å². The molecule has 1 aromatic carbocycles. The highest BCUT2D eigenvalue weighted by atomic mass is 16.4. The van der Waals surface area contributed by atoms with Crippen LogP contribution in [-0.2, 0) is 16.1 Å². The Morgan fingerprint density at radius 3 is 2.74 bits per heavy atom. The van der Waals surface area contributed by atoms with Crippen molar-refractivity contribution in [1.82, 2.24) is 9.80 Å². The highest BCUT2D eigenvalue weighted by Crippen LogP contribution is 2.16. The van der Waals surface area contributed by atoms with Gasteiger partial charge in [0.25, 0.3) is 5.91 Å². The molecular formula is C17H22N2O4. The normalized spacial score (nSPS) is 15.6. The van der Waals surface area contributed by atoms with Crippen molar-refractivity contribution in [3.63, 3.8) is 0 Å². The maximum atomic E-state index is 12.4. The summed E-state index contributed by atoms with van der Waals surface area (Å²) in [7, 11) is 1.60. The van der Waals surface area contributed by atoms with Crippen molar-refractivity contribution >= 4 is 17.8 Å². The summed E-state index contributed by atoms with van der Waals surface area (Å²) in [6.07, 6.45) is 1.47. The largest absolute Gasteiger partial charge is 0.481 e. The minimum absolute atomic E-state index is 0.147. The van der Waals surface area contributed by atoms with Gasteiger partial charge in [-0.25, -0.2) is 0 Å². The van der Waals surface area contributed by atoms with Gasteiger partial charge in [-0.15, -0.1) is 0 Å². The van der Waals surface area contributed by atoms with Gasteiger partial charge in [-0.1, -0.05) is 19.1 Å². The molecule has 0 spiro atoms. The van der Waals surface area contributed by atoms with E-state index in [1.807, 2.05) is 6.07 Å². The third kappa shape index (κ3) is 4.31. The van der Waals surface area contributed by atoms with Gasteiger partial charge in [0.1, 0.15) is 0 Å². The number of rotatable bonds is 6. The number of benzene rings is 1. The van der Waals surface area contributed by atoms with E-state index in [1.54, 1.807) is 37.1 Å². The summed E-state index contributed by atoms with van der Waals surface area (Å²) in [5, 5.41) is 8.94. The highest BCUT2D eigenvalue weighted by Gasteiger charge is 2.21. The van der Waals surface area contributed by atoms with E-state index < -0.39 is 11.9 Å². The van der Waals surface area contributed by atoms with E-state index >= 15 is 0 Å². The van der Waals surface area contributed by atoms with Gasteiger partial charge in [0.2, 0.25) is 5.91 Å². The van der Waals surface area contributed by atoms with Crippen LogP contribution in [0.15, 0.2) is 24.3 Å². The molecule has 1 aliphatic rings. The molecule has 1 fully saturated rings. The Morgan fingerprint density at radius 2 is 2.13 bits per heavy atom. The van der Waals surface area contributed by atoms with Crippen LogP contribution in [0.4, 0.5) is 0 Å². The second kappa shape index (κ2) is 7.26. The average Bonchev–Trinajstić information content (AvgIpc) is 2.91. The summed E-state index contributed by atoms with van der Waals surface area (Å²) in [5.41, 5.74) is 1.42. The van der Waals surface area contributed by atoms with Gasteiger partial charge < -0.3 is 14.9 Å². The van der Waals surface area contributed by atoms with Crippen molar-refractivity contribution in [2.45, 2.75) is 26.3 Å². The fraction of sp³-hybridized carbons (Fsp3) is 0.471. The third-order valence-corrected chi connectivity index (χ3v) is 4.03. The van der Waals surface area contributed by atoms with Crippen LogP contribution >= 0.6 is 0 Å². The van der Waals surface area contributed by atoms with Gasteiger partial charge in [0.05, 0.1) is 5.92 Å². The van der Waals surface area contributed by atoms with Crippen molar-refractivity contribution < 1.29 is 19.5 Å². The van der Waals surface area contributed by atoms with Crippen LogP contribution < -0.4 is 0 Å². The number of likely N-dealkylation sites (tertiary alicyclic amines) is 1. The van der Waals surface area contributed by atoms with Gasteiger partial charge in [-0.05, 0) is 24.1 Å². The number of carbonyl (C=O) groups is 3. The summed E-state index contributed by atoms with van der Waals surface area (Å²) >= 11 is 0. The molecule has 23 heavy (non-hydrogen) atoms. The Bertz CT molecular complexity index is 614. The molecule has 0 saturated carbocycles. The Morgan fingerprint density at radius 1 is 1.39 bits per heavy atom. The fourth-order valence-electron chi connectivity index (χ4n) is 2.69. The molecular weight excluding hydrogens is 296 g/mol. The first-order valence-electron chi connectivity index (χ1n) is 7.73. The molecule has 2 amide bonds. The van der Waals surface area contributed by atoms with Crippen molar-refractivity contribution in [2.24, 2.45) is 5.92 Å². The number of nitrogens with zero attached hydrogens (tertiary/aromatic N) is 2. The highest BCUT2D eigenvalue weighted by molar-refractivity contribution is 5.94. The second-order valence-electron chi connectivity index (χ2n) is 6.04. The lowest BCUT2D eigenvalue weighted by molar-refractivity contribution is -0.141. The molecule has 2 rings (SSSR count). The van der Waals surface area contributed by atoms with Crippen LogP contribution in [0.3, 0.4) is 0 Å². The van der Waals surface area contributed by atoms with Crippen LogP contribution in [0.5, 0.6) is 0 Å². The topological polar surface area (TPSA) is 77.9 Å². The second-order valence-corrected chi connectivity index (χ2v) is 6.04. The van der Waals surface area contributed by atoms with Gasteiger partial charge in [0, 0.05) is 38.7 Å². The number of carboxylic acids is 1. The van der Waals surface area contributed by atoms with Gasteiger partial charge in [-0.2, -0.15) is 0 Å². The first-order valence-corrected chi connectivity index (χ1v) is 7.73. The average molecular weight is 318 g/mol.